The summed E-state index contributed by atoms with van der Waals surface area (Å²) in [5.41, 5.74) is 6.20. The minimum Gasteiger partial charge on any atom is -0.459 e. The number of unbranched alkanes of at least 4 members (excludes halogenated alkanes) is 4. The number of aryl methyl sites for hydroxylation is 2. The molecule has 224 valence electrons. The zero-order chi connectivity index (χ0) is 30.5. The maximum absolute atomic E-state index is 13.3. The predicted octanol–water partition coefficient (Wildman–Crippen LogP) is 8.26. The van der Waals surface area contributed by atoms with Crippen LogP contribution in [0.4, 0.5) is 0 Å². The average Bonchev–Trinajstić information content (AvgIpc) is 3.37. The fourth-order valence-electron chi connectivity index (χ4n) is 4.94. The second kappa shape index (κ2) is 16.1. The minimum atomic E-state index is -0.678. The number of esters is 1. The molecular weight excluding hydrogens is 532 g/mol. The number of hydrogen-bond donors (Lipinski definition) is 0. The van der Waals surface area contributed by atoms with Crippen LogP contribution >= 0.6 is 0 Å². The Balaban J connectivity index is 1.52. The van der Waals surface area contributed by atoms with E-state index >= 15 is 0 Å². The maximum atomic E-state index is 13.3. The van der Waals surface area contributed by atoms with Gasteiger partial charge in [0.25, 0.3) is 0 Å². The van der Waals surface area contributed by atoms with Crippen molar-refractivity contribution in [3.63, 3.8) is 0 Å². The molecule has 4 heteroatoms. The molecule has 4 nitrogen and oxygen atoms in total. The van der Waals surface area contributed by atoms with Gasteiger partial charge in [-0.2, -0.15) is 0 Å². The Morgan fingerprint density at radius 1 is 0.767 bits per heavy atom. The van der Waals surface area contributed by atoms with E-state index in [1.807, 2.05) is 38.1 Å². The van der Waals surface area contributed by atoms with E-state index in [-0.39, 0.29) is 12.7 Å². The molecule has 3 aromatic carbocycles. The third-order valence-electron chi connectivity index (χ3n) is 7.45. The van der Waals surface area contributed by atoms with Crippen LogP contribution in [0.1, 0.15) is 110 Å². The van der Waals surface area contributed by atoms with Gasteiger partial charge < -0.3 is 14.2 Å². The number of ether oxygens (including phenoxy) is 3. The van der Waals surface area contributed by atoms with Crippen molar-refractivity contribution in [3.8, 4) is 23.7 Å². The van der Waals surface area contributed by atoms with Crippen LogP contribution in [-0.2, 0) is 27.1 Å². The summed E-state index contributed by atoms with van der Waals surface area (Å²) in [7, 11) is 0. The van der Waals surface area contributed by atoms with Crippen molar-refractivity contribution in [2.45, 2.75) is 91.0 Å². The summed E-state index contributed by atoms with van der Waals surface area (Å²) >= 11 is 0. The van der Waals surface area contributed by atoms with Crippen molar-refractivity contribution < 1.29 is 19.0 Å². The summed E-state index contributed by atoms with van der Waals surface area (Å²) in [5.74, 6) is 11.7. The lowest BCUT2D eigenvalue weighted by molar-refractivity contribution is -0.142. The molecule has 1 atom stereocenters. The normalized spacial score (nSPS) is 15.2. The van der Waals surface area contributed by atoms with Crippen molar-refractivity contribution in [3.05, 3.63) is 106 Å². The average molecular weight is 577 g/mol. The molecule has 1 fully saturated rings. The molecule has 4 rings (SSSR count). The van der Waals surface area contributed by atoms with Crippen LogP contribution in [0.5, 0.6) is 0 Å². The molecule has 0 aliphatic carbocycles. The fraction of sp³-hybridized carbons (Fsp3) is 0.410. The summed E-state index contributed by atoms with van der Waals surface area (Å²) in [4.78, 5) is 13.3. The van der Waals surface area contributed by atoms with Gasteiger partial charge in [-0.15, -0.1) is 0 Å². The van der Waals surface area contributed by atoms with Crippen molar-refractivity contribution >= 4 is 5.97 Å². The second-order valence-corrected chi connectivity index (χ2v) is 11.6. The summed E-state index contributed by atoms with van der Waals surface area (Å²) < 4.78 is 17.1. The SMILES string of the molecule is CCCCCc1ccc(C#Cc2ccc(C#Cc3ccc(CCCCC)cc3)c(C(=O)OCC3COC(C)(C)O3)c2)cc1. The molecule has 0 saturated carbocycles. The van der Waals surface area contributed by atoms with E-state index in [1.165, 1.54) is 49.7 Å². The highest BCUT2D eigenvalue weighted by atomic mass is 16.7. The number of benzene rings is 3. The Hall–Kier alpha value is -3.83. The summed E-state index contributed by atoms with van der Waals surface area (Å²) in [6.07, 6.45) is 9.18. The Bertz CT molecular complexity index is 1460. The minimum absolute atomic E-state index is 0.106. The van der Waals surface area contributed by atoms with Gasteiger partial charge in [0, 0.05) is 22.3 Å². The quantitative estimate of drug-likeness (QED) is 0.131. The Morgan fingerprint density at radius 3 is 1.84 bits per heavy atom. The molecule has 1 aliphatic rings. The van der Waals surface area contributed by atoms with E-state index in [9.17, 15) is 4.79 Å². The van der Waals surface area contributed by atoms with E-state index in [2.05, 4.69) is 73.9 Å². The lowest BCUT2D eigenvalue weighted by Gasteiger charge is -2.17. The highest BCUT2D eigenvalue weighted by Crippen LogP contribution is 2.23. The number of hydrogen-bond acceptors (Lipinski definition) is 4. The lowest BCUT2D eigenvalue weighted by atomic mass is 10.0. The molecule has 1 unspecified atom stereocenters. The Morgan fingerprint density at radius 2 is 1.30 bits per heavy atom. The first-order valence-corrected chi connectivity index (χ1v) is 15.7. The zero-order valence-corrected chi connectivity index (χ0v) is 26.1. The summed E-state index contributed by atoms with van der Waals surface area (Å²) in [6.45, 7) is 8.62. The second-order valence-electron chi connectivity index (χ2n) is 11.6. The van der Waals surface area contributed by atoms with Gasteiger partial charge in [0.1, 0.15) is 12.7 Å². The maximum Gasteiger partial charge on any atom is 0.339 e. The largest absolute Gasteiger partial charge is 0.459 e. The third-order valence-corrected chi connectivity index (χ3v) is 7.45. The smallest absolute Gasteiger partial charge is 0.339 e. The number of rotatable bonds is 11. The van der Waals surface area contributed by atoms with Gasteiger partial charge in [-0.3, -0.25) is 0 Å². The molecule has 0 amide bonds. The molecule has 0 radical (unpaired) electrons. The first kappa shape index (κ1) is 32.1. The Labute approximate surface area is 258 Å². The molecule has 43 heavy (non-hydrogen) atoms. The van der Waals surface area contributed by atoms with Crippen molar-refractivity contribution in [1.29, 1.82) is 0 Å². The highest BCUT2D eigenvalue weighted by Gasteiger charge is 2.33. The van der Waals surface area contributed by atoms with E-state index in [0.29, 0.717) is 17.7 Å². The van der Waals surface area contributed by atoms with Crippen LogP contribution in [0.3, 0.4) is 0 Å². The van der Waals surface area contributed by atoms with Gasteiger partial charge in [0.15, 0.2) is 5.79 Å². The molecule has 0 spiro atoms. The van der Waals surface area contributed by atoms with Crippen LogP contribution < -0.4 is 0 Å². The van der Waals surface area contributed by atoms with Crippen molar-refractivity contribution in [1.82, 2.24) is 0 Å². The topological polar surface area (TPSA) is 44.8 Å². The molecule has 1 aliphatic heterocycles. The van der Waals surface area contributed by atoms with Gasteiger partial charge in [-0.1, -0.05) is 87.5 Å². The fourth-order valence-corrected chi connectivity index (χ4v) is 4.94. The van der Waals surface area contributed by atoms with Gasteiger partial charge in [-0.25, -0.2) is 4.79 Å². The molecule has 1 saturated heterocycles. The highest BCUT2D eigenvalue weighted by molar-refractivity contribution is 5.93. The molecule has 0 bridgehead atoms. The summed E-state index contributed by atoms with van der Waals surface area (Å²) in [6, 6.07) is 22.3. The number of carbonyl (C=O) groups is 1. The van der Waals surface area contributed by atoms with Gasteiger partial charge in [0.2, 0.25) is 0 Å². The van der Waals surface area contributed by atoms with E-state index in [4.69, 9.17) is 14.2 Å². The molecule has 0 N–H and O–H groups in total. The molecule has 1 heterocycles. The Kier molecular flexibility index (Phi) is 12.0. The third kappa shape index (κ3) is 10.4. The zero-order valence-electron chi connectivity index (χ0n) is 26.1. The molecular formula is C39H44O4. The van der Waals surface area contributed by atoms with Crippen LogP contribution in [-0.4, -0.2) is 31.1 Å². The van der Waals surface area contributed by atoms with Crippen LogP contribution in [0.2, 0.25) is 0 Å². The van der Waals surface area contributed by atoms with E-state index in [0.717, 1.165) is 29.5 Å². The van der Waals surface area contributed by atoms with Crippen LogP contribution in [0, 0.1) is 23.7 Å². The molecule has 0 aromatic heterocycles. The monoisotopic (exact) mass is 576 g/mol. The standard InChI is InChI=1S/C39H44O4/c1-5-7-9-11-30-13-17-32(18-14-30)21-22-34-24-26-35(25-23-33-19-15-31(16-20-33)12-10-8-6-2)37(27-34)38(40)41-28-36-29-42-39(3,4)43-36/h13-20,24,26-27,36H,5-12,28-29H2,1-4H3. The van der Waals surface area contributed by atoms with Gasteiger partial charge >= 0.3 is 5.97 Å². The van der Waals surface area contributed by atoms with Crippen LogP contribution in [0.25, 0.3) is 0 Å². The predicted molar refractivity (Wildman–Crippen MR) is 173 cm³/mol. The first-order chi connectivity index (χ1) is 20.8. The van der Waals surface area contributed by atoms with E-state index in [1.54, 1.807) is 6.07 Å². The van der Waals surface area contributed by atoms with E-state index < -0.39 is 11.8 Å². The van der Waals surface area contributed by atoms with Crippen molar-refractivity contribution in [2.24, 2.45) is 0 Å². The summed E-state index contributed by atoms with van der Waals surface area (Å²) in [5, 5.41) is 0. The first-order valence-electron chi connectivity index (χ1n) is 15.7. The van der Waals surface area contributed by atoms with Gasteiger partial charge in [-0.05, 0) is 93.1 Å². The van der Waals surface area contributed by atoms with Crippen LogP contribution in [0.15, 0.2) is 66.7 Å². The molecule has 3 aromatic rings. The van der Waals surface area contributed by atoms with Crippen molar-refractivity contribution in [2.75, 3.05) is 13.2 Å². The number of carbonyl (C=O) groups excluding carboxylic acids is 1. The lowest BCUT2D eigenvalue weighted by Crippen LogP contribution is -2.25. The van der Waals surface area contributed by atoms with Gasteiger partial charge in [0.05, 0.1) is 12.2 Å².